The molecule has 0 radical (unpaired) electrons. The average molecular weight is 205 g/mol. The molecular weight excluding hydrogens is 194 g/mol. The van der Waals surface area contributed by atoms with Crippen LogP contribution in [0.15, 0.2) is 29.8 Å². The summed E-state index contributed by atoms with van der Waals surface area (Å²) in [4.78, 5) is 21.4. The van der Waals surface area contributed by atoms with Crippen LogP contribution in [0.2, 0.25) is 0 Å². The Hall–Kier alpha value is -2.10. The van der Waals surface area contributed by atoms with Crippen LogP contribution in [0.25, 0.3) is 6.08 Å². The molecule has 0 heterocycles. The van der Waals surface area contributed by atoms with E-state index in [1.165, 1.54) is 12.1 Å². The predicted molar refractivity (Wildman–Crippen MR) is 56.2 cm³/mol. The highest BCUT2D eigenvalue weighted by molar-refractivity contribution is 5.96. The Labute approximate surface area is 87.0 Å². The van der Waals surface area contributed by atoms with E-state index < -0.39 is 11.9 Å². The minimum atomic E-state index is -0.998. The summed E-state index contributed by atoms with van der Waals surface area (Å²) in [5.41, 5.74) is 6.27. The standard InChI is InChI=1S/C11H11NO3/c1-7(10(12)13)5-8-3-2-4-9(6-8)11(14)15/h2-6H,1H3,(H2,12,13)(H,14,15)/b7-5+. The van der Waals surface area contributed by atoms with Crippen molar-refractivity contribution in [2.45, 2.75) is 6.92 Å². The van der Waals surface area contributed by atoms with Gasteiger partial charge < -0.3 is 10.8 Å². The Morgan fingerprint density at radius 1 is 1.40 bits per heavy atom. The van der Waals surface area contributed by atoms with Crippen molar-refractivity contribution in [3.05, 3.63) is 41.0 Å². The molecule has 0 unspecified atom stereocenters. The van der Waals surface area contributed by atoms with Gasteiger partial charge in [0, 0.05) is 5.57 Å². The van der Waals surface area contributed by atoms with Crippen LogP contribution in [0.5, 0.6) is 0 Å². The number of carbonyl (C=O) groups excluding carboxylic acids is 1. The van der Waals surface area contributed by atoms with Crippen LogP contribution in [0.3, 0.4) is 0 Å². The van der Waals surface area contributed by atoms with Gasteiger partial charge in [0.15, 0.2) is 0 Å². The molecule has 4 nitrogen and oxygen atoms in total. The van der Waals surface area contributed by atoms with E-state index in [4.69, 9.17) is 10.8 Å². The lowest BCUT2D eigenvalue weighted by Gasteiger charge is -1.98. The van der Waals surface area contributed by atoms with Crippen LogP contribution in [0.1, 0.15) is 22.8 Å². The normalized spacial score (nSPS) is 11.1. The number of amides is 1. The van der Waals surface area contributed by atoms with E-state index in [0.717, 1.165) is 0 Å². The third-order valence-corrected chi connectivity index (χ3v) is 1.91. The summed E-state index contributed by atoms with van der Waals surface area (Å²) in [6, 6.07) is 6.29. The van der Waals surface area contributed by atoms with E-state index in [9.17, 15) is 9.59 Å². The van der Waals surface area contributed by atoms with Gasteiger partial charge in [-0.1, -0.05) is 12.1 Å². The maximum atomic E-state index is 10.8. The van der Waals surface area contributed by atoms with E-state index in [0.29, 0.717) is 11.1 Å². The summed E-state index contributed by atoms with van der Waals surface area (Å²) < 4.78 is 0. The van der Waals surface area contributed by atoms with Crippen LogP contribution in [0, 0.1) is 0 Å². The van der Waals surface area contributed by atoms with Gasteiger partial charge in [0.2, 0.25) is 5.91 Å². The third-order valence-electron chi connectivity index (χ3n) is 1.91. The number of aromatic carboxylic acids is 1. The monoisotopic (exact) mass is 205 g/mol. The van der Waals surface area contributed by atoms with Crippen LogP contribution < -0.4 is 5.73 Å². The van der Waals surface area contributed by atoms with Crippen molar-refractivity contribution in [2.24, 2.45) is 5.73 Å². The summed E-state index contributed by atoms with van der Waals surface area (Å²) in [5.74, 6) is -1.52. The second kappa shape index (κ2) is 4.41. The minimum Gasteiger partial charge on any atom is -0.478 e. The molecule has 0 atom stereocenters. The number of hydrogen-bond donors (Lipinski definition) is 2. The highest BCUT2D eigenvalue weighted by Crippen LogP contribution is 2.09. The Bertz CT molecular complexity index is 435. The maximum absolute atomic E-state index is 10.8. The second-order valence-electron chi connectivity index (χ2n) is 3.12. The molecule has 0 fully saturated rings. The van der Waals surface area contributed by atoms with Crippen molar-refractivity contribution in [1.82, 2.24) is 0 Å². The van der Waals surface area contributed by atoms with Gasteiger partial charge in [0.25, 0.3) is 0 Å². The average Bonchev–Trinajstić information content (AvgIpc) is 2.18. The largest absolute Gasteiger partial charge is 0.478 e. The summed E-state index contributed by atoms with van der Waals surface area (Å²) in [6.07, 6.45) is 1.55. The number of carboxylic acids is 1. The Kier molecular flexibility index (Phi) is 3.23. The molecule has 1 amide bonds. The number of carboxylic acid groups (broad SMARTS) is 1. The molecule has 4 heteroatoms. The molecule has 78 valence electrons. The lowest BCUT2D eigenvalue weighted by atomic mass is 10.1. The summed E-state index contributed by atoms with van der Waals surface area (Å²) in [5, 5.41) is 8.74. The van der Waals surface area contributed by atoms with Gasteiger partial charge in [-0.2, -0.15) is 0 Å². The first kappa shape index (κ1) is 11.0. The van der Waals surface area contributed by atoms with Gasteiger partial charge >= 0.3 is 5.97 Å². The molecular formula is C11H11NO3. The molecule has 0 bridgehead atoms. The molecule has 0 aliphatic heterocycles. The Morgan fingerprint density at radius 3 is 2.60 bits per heavy atom. The summed E-state index contributed by atoms with van der Waals surface area (Å²) >= 11 is 0. The minimum absolute atomic E-state index is 0.182. The fourth-order valence-corrected chi connectivity index (χ4v) is 1.08. The zero-order chi connectivity index (χ0) is 11.4. The van der Waals surface area contributed by atoms with Crippen molar-refractivity contribution >= 4 is 18.0 Å². The first-order valence-corrected chi connectivity index (χ1v) is 4.32. The van der Waals surface area contributed by atoms with Gasteiger partial charge in [0.1, 0.15) is 0 Å². The van der Waals surface area contributed by atoms with E-state index in [-0.39, 0.29) is 5.56 Å². The first-order valence-electron chi connectivity index (χ1n) is 4.32. The Morgan fingerprint density at radius 2 is 2.07 bits per heavy atom. The smallest absolute Gasteiger partial charge is 0.335 e. The van der Waals surface area contributed by atoms with Crippen molar-refractivity contribution in [2.75, 3.05) is 0 Å². The van der Waals surface area contributed by atoms with Crippen LogP contribution >= 0.6 is 0 Å². The molecule has 3 N–H and O–H groups in total. The zero-order valence-corrected chi connectivity index (χ0v) is 8.23. The van der Waals surface area contributed by atoms with E-state index in [2.05, 4.69) is 0 Å². The zero-order valence-electron chi connectivity index (χ0n) is 8.23. The summed E-state index contributed by atoms with van der Waals surface area (Å²) in [6.45, 7) is 1.58. The van der Waals surface area contributed by atoms with Crippen LogP contribution in [0.4, 0.5) is 0 Å². The van der Waals surface area contributed by atoms with Crippen LogP contribution in [-0.2, 0) is 4.79 Å². The highest BCUT2D eigenvalue weighted by atomic mass is 16.4. The van der Waals surface area contributed by atoms with Gasteiger partial charge in [0.05, 0.1) is 5.56 Å². The van der Waals surface area contributed by atoms with E-state index in [1.54, 1.807) is 25.1 Å². The fraction of sp³-hybridized carbons (Fsp3) is 0.0909. The third kappa shape index (κ3) is 2.95. The first-order chi connectivity index (χ1) is 7.00. The Balaban J connectivity index is 3.06. The number of hydrogen-bond acceptors (Lipinski definition) is 2. The number of rotatable bonds is 3. The van der Waals surface area contributed by atoms with Crippen molar-refractivity contribution in [3.63, 3.8) is 0 Å². The molecule has 1 aromatic rings. The lowest BCUT2D eigenvalue weighted by Crippen LogP contribution is -2.11. The van der Waals surface area contributed by atoms with Gasteiger partial charge in [-0.05, 0) is 30.7 Å². The van der Waals surface area contributed by atoms with E-state index in [1.807, 2.05) is 0 Å². The van der Waals surface area contributed by atoms with E-state index >= 15 is 0 Å². The van der Waals surface area contributed by atoms with Crippen molar-refractivity contribution in [1.29, 1.82) is 0 Å². The number of nitrogens with two attached hydrogens (primary N) is 1. The molecule has 1 aromatic carbocycles. The van der Waals surface area contributed by atoms with Crippen LogP contribution in [-0.4, -0.2) is 17.0 Å². The molecule has 0 aliphatic carbocycles. The quantitative estimate of drug-likeness (QED) is 0.729. The lowest BCUT2D eigenvalue weighted by molar-refractivity contribution is -0.114. The SMILES string of the molecule is C/C(=C\c1cccc(C(=O)O)c1)C(N)=O. The molecule has 0 saturated carbocycles. The molecule has 0 aliphatic rings. The summed E-state index contributed by atoms with van der Waals surface area (Å²) in [7, 11) is 0. The van der Waals surface area contributed by atoms with Gasteiger partial charge in [-0.25, -0.2) is 4.79 Å². The number of carbonyl (C=O) groups is 2. The topological polar surface area (TPSA) is 80.4 Å². The van der Waals surface area contributed by atoms with Gasteiger partial charge in [-0.15, -0.1) is 0 Å². The van der Waals surface area contributed by atoms with Crippen molar-refractivity contribution < 1.29 is 14.7 Å². The predicted octanol–water partition coefficient (Wildman–Crippen LogP) is 1.27. The second-order valence-corrected chi connectivity index (χ2v) is 3.12. The molecule has 0 aromatic heterocycles. The van der Waals surface area contributed by atoms with Crippen molar-refractivity contribution in [3.8, 4) is 0 Å². The number of primary amides is 1. The maximum Gasteiger partial charge on any atom is 0.335 e. The fourth-order valence-electron chi connectivity index (χ4n) is 1.08. The van der Waals surface area contributed by atoms with Gasteiger partial charge in [-0.3, -0.25) is 4.79 Å². The molecule has 0 saturated heterocycles. The molecule has 1 rings (SSSR count). The molecule has 15 heavy (non-hydrogen) atoms. The highest BCUT2D eigenvalue weighted by Gasteiger charge is 2.03. The number of benzene rings is 1. The molecule has 0 spiro atoms.